The second-order valence-corrected chi connectivity index (χ2v) is 19.6. The van der Waals surface area contributed by atoms with Crippen LogP contribution < -0.4 is 15.9 Å². The van der Waals surface area contributed by atoms with Gasteiger partial charge in [-0.05, 0) is 54.6 Å². The molecule has 0 saturated carbocycles. The molecule has 2 unspecified atom stereocenters. The number of rotatable bonds is 6. The minimum atomic E-state index is -0.807. The van der Waals surface area contributed by atoms with Crippen LogP contribution in [0.5, 0.6) is 0 Å². The van der Waals surface area contributed by atoms with Gasteiger partial charge in [0.25, 0.3) is 0 Å². The molecule has 0 N–H and O–H groups in total. The van der Waals surface area contributed by atoms with Gasteiger partial charge in [-0.2, -0.15) is 0 Å². The zero-order valence-corrected chi connectivity index (χ0v) is 38.3. The van der Waals surface area contributed by atoms with E-state index >= 15 is 0 Å². The molecule has 10 rings (SSSR count). The van der Waals surface area contributed by atoms with Crippen LogP contribution in [0.4, 0.5) is 0 Å². The molecule has 9 aromatic rings. The minimum Gasteiger partial charge on any atom is -0.474 e. The largest absolute Gasteiger partial charge is 1.00 e. The topological polar surface area (TPSA) is 26.3 Å². The maximum absolute atomic E-state index is 7.19. The smallest absolute Gasteiger partial charge is 0.474 e. The Kier molecular flexibility index (Phi) is 15.8. The Balaban J connectivity index is 0.000000156. The van der Waals surface area contributed by atoms with E-state index in [4.69, 9.17) is 21.7 Å². The predicted molar refractivity (Wildman–Crippen MR) is 246 cm³/mol. The number of furan rings is 2. The third-order valence-corrected chi connectivity index (χ3v) is 17.7. The third-order valence-electron chi connectivity index (χ3n) is 10.3. The van der Waals surface area contributed by atoms with E-state index in [1.807, 2.05) is 84.9 Å². The van der Waals surface area contributed by atoms with Crippen LogP contribution in [0, 0.1) is 24.7 Å². The van der Waals surface area contributed by atoms with Crippen molar-refractivity contribution in [2.24, 2.45) is 0 Å². The van der Waals surface area contributed by atoms with Crippen molar-refractivity contribution in [3.63, 3.8) is 0 Å². The van der Waals surface area contributed by atoms with Gasteiger partial charge in [0.05, 0.1) is 30.1 Å². The molecule has 294 valence electrons. The van der Waals surface area contributed by atoms with Crippen LogP contribution in [-0.4, -0.2) is 11.6 Å². The van der Waals surface area contributed by atoms with Crippen LogP contribution in [0.15, 0.2) is 209 Å². The van der Waals surface area contributed by atoms with Crippen molar-refractivity contribution >= 4 is 75.6 Å². The minimum absolute atomic E-state index is 0. The van der Waals surface area contributed by atoms with Crippen molar-refractivity contribution in [1.82, 2.24) is 0 Å². The molecular formula is C53H40Au2O2P2+2. The Morgan fingerprint density at radius 1 is 0.475 bits per heavy atom. The first-order valence-corrected chi connectivity index (χ1v) is 22.6. The van der Waals surface area contributed by atoms with Crippen LogP contribution >= 0.6 is 15.8 Å². The van der Waals surface area contributed by atoms with Gasteiger partial charge in [0, 0.05) is 28.0 Å². The number of fused-ring (bicyclic) bond motifs is 6. The predicted octanol–water partition coefficient (Wildman–Crippen LogP) is 12.3. The first kappa shape index (κ1) is 43.7. The summed E-state index contributed by atoms with van der Waals surface area (Å²) in [5.41, 5.74) is 5.27. The zero-order valence-electron chi connectivity index (χ0n) is 32.0. The molecular weight excluding hydrogens is 1120 g/mol. The van der Waals surface area contributed by atoms with Gasteiger partial charge < -0.3 is 21.7 Å². The van der Waals surface area contributed by atoms with E-state index in [-0.39, 0.29) is 44.8 Å². The van der Waals surface area contributed by atoms with Crippen molar-refractivity contribution in [2.75, 3.05) is 5.90 Å². The van der Waals surface area contributed by atoms with Gasteiger partial charge in [-0.1, -0.05) is 145 Å². The van der Waals surface area contributed by atoms with Gasteiger partial charge in [-0.3, -0.25) is 11.8 Å². The summed E-state index contributed by atoms with van der Waals surface area (Å²) in [7, 11) is -1.52. The molecule has 0 aliphatic heterocycles. The molecule has 2 nitrogen and oxygen atoms in total. The summed E-state index contributed by atoms with van der Waals surface area (Å²) in [6.07, 6.45) is 24.8. The van der Waals surface area contributed by atoms with Gasteiger partial charge >= 0.3 is 44.8 Å². The second-order valence-electron chi connectivity index (χ2n) is 13.7. The van der Waals surface area contributed by atoms with Crippen molar-refractivity contribution in [3.05, 3.63) is 224 Å². The van der Waals surface area contributed by atoms with Crippen molar-refractivity contribution < 1.29 is 53.6 Å². The Hall–Kier alpha value is -4.92. The van der Waals surface area contributed by atoms with Gasteiger partial charge in [-0.15, -0.1) is 12.1 Å². The molecule has 59 heavy (non-hydrogen) atoms. The van der Waals surface area contributed by atoms with E-state index in [9.17, 15) is 0 Å². The molecule has 0 radical (unpaired) electrons. The molecule has 0 amide bonds. The normalized spacial score (nSPS) is 13.2. The van der Waals surface area contributed by atoms with Crippen molar-refractivity contribution in [3.8, 4) is 11.8 Å². The summed E-state index contributed by atoms with van der Waals surface area (Å²) in [6, 6.07) is 60.9. The summed E-state index contributed by atoms with van der Waals surface area (Å²) >= 11 is 0. The summed E-state index contributed by atoms with van der Waals surface area (Å²) in [4.78, 5) is 0. The molecule has 1 aliphatic carbocycles. The SMILES string of the molecule is C1=CCC([PH+](C[PH+](c2ccccc2)c2ccccc2)c2ccccc2)C=C1.[Au+].[Au+].[C-]#Cc1cccc2c1oc1ccccc12.[C-]#Cc1cccc2c1oc1ccccc12. The van der Waals surface area contributed by atoms with E-state index in [1.54, 1.807) is 5.30 Å². The monoisotopic (exact) mass is 1160 g/mol. The molecule has 0 bridgehead atoms. The summed E-state index contributed by atoms with van der Waals surface area (Å²) in [5.74, 6) is 6.09. The van der Waals surface area contributed by atoms with Crippen molar-refractivity contribution in [2.45, 2.75) is 12.1 Å². The van der Waals surface area contributed by atoms with Crippen LogP contribution in [0.3, 0.4) is 0 Å². The number of hydrogen-bond acceptors (Lipinski definition) is 2. The fourth-order valence-electron chi connectivity index (χ4n) is 7.47. The van der Waals surface area contributed by atoms with Crippen LogP contribution in [0.1, 0.15) is 17.5 Å². The molecule has 2 aromatic heterocycles. The van der Waals surface area contributed by atoms with E-state index in [2.05, 4.69) is 127 Å². The first-order chi connectivity index (χ1) is 28.2. The maximum Gasteiger partial charge on any atom is 1.00 e. The fraction of sp³-hybridized carbons (Fsp3) is 0.0566. The molecule has 6 heteroatoms. The molecule has 0 saturated heterocycles. The number of para-hydroxylation sites is 4. The number of hydrogen-bond donors (Lipinski definition) is 0. The standard InChI is InChI=1S/C25H24P2.2C14H7O.2Au/c1-5-13-22(14-6-1)26(23-15-7-2-8-16-23)21-27(24-17-9-3-10-18-24)25-19-11-4-12-20-25;2*1-2-10-6-5-8-12-11-7-3-4-9-13(11)15-14(10)12;;/h1-19,25H,20-21H2;2*3-9H;;/q;2*-1;2*+1/p+2. The van der Waals surface area contributed by atoms with Crippen molar-refractivity contribution in [1.29, 1.82) is 0 Å². The van der Waals surface area contributed by atoms with Gasteiger partial charge in [0.2, 0.25) is 0 Å². The molecule has 2 heterocycles. The second kappa shape index (κ2) is 21.4. The van der Waals surface area contributed by atoms with Gasteiger partial charge in [-0.25, -0.2) is 0 Å². The van der Waals surface area contributed by atoms with E-state index in [0.29, 0.717) is 16.8 Å². The summed E-state index contributed by atoms with van der Waals surface area (Å²) < 4.78 is 11.4. The third kappa shape index (κ3) is 10.1. The molecule has 2 atom stereocenters. The average Bonchev–Trinajstić information content (AvgIpc) is 3.87. The van der Waals surface area contributed by atoms with E-state index in [0.717, 1.165) is 43.9 Å². The Bertz CT molecular complexity index is 2740. The van der Waals surface area contributed by atoms with Gasteiger partial charge in [0.1, 0.15) is 29.7 Å². The van der Waals surface area contributed by atoms with Crippen LogP contribution in [0.25, 0.3) is 43.9 Å². The molecule has 0 spiro atoms. The molecule has 1 aliphatic rings. The Morgan fingerprint density at radius 3 is 1.34 bits per heavy atom. The number of benzene rings is 7. The fourth-order valence-corrected chi connectivity index (χ4v) is 15.8. The van der Waals surface area contributed by atoms with Crippen LogP contribution in [-0.2, 0) is 44.8 Å². The average molecular weight is 1160 g/mol. The van der Waals surface area contributed by atoms with E-state index in [1.165, 1.54) is 22.9 Å². The van der Waals surface area contributed by atoms with E-state index < -0.39 is 15.8 Å². The quantitative estimate of drug-likeness (QED) is 0.0718. The summed E-state index contributed by atoms with van der Waals surface area (Å²) in [6.45, 7) is 0. The Labute approximate surface area is 380 Å². The molecule has 7 aromatic carbocycles. The zero-order chi connectivity index (χ0) is 38.8. The Morgan fingerprint density at radius 2 is 0.898 bits per heavy atom. The maximum atomic E-state index is 7.19. The first-order valence-electron chi connectivity index (χ1n) is 19.1. The van der Waals surface area contributed by atoms with Crippen LogP contribution in [0.2, 0.25) is 0 Å². The number of allylic oxidation sites excluding steroid dienone is 4. The molecule has 0 fully saturated rings. The summed E-state index contributed by atoms with van der Waals surface area (Å²) in [5, 5.41) is 8.90. The van der Waals surface area contributed by atoms with Gasteiger partial charge in [0.15, 0.2) is 5.90 Å².